The first-order valence-corrected chi connectivity index (χ1v) is 7.46. The SMILES string of the molecule is CCO[C@@H](C)c1noc(CN2CCCCCCC2)n1. The fraction of sp³-hybridized carbons (Fsp3) is 0.857. The lowest BCUT2D eigenvalue weighted by Crippen LogP contribution is -2.27. The summed E-state index contributed by atoms with van der Waals surface area (Å²) >= 11 is 0. The largest absolute Gasteiger partial charge is 0.371 e. The molecule has 2 rings (SSSR count). The third-order valence-corrected chi connectivity index (χ3v) is 3.57. The van der Waals surface area contributed by atoms with Crippen molar-refractivity contribution in [3.05, 3.63) is 11.7 Å². The van der Waals surface area contributed by atoms with Gasteiger partial charge in [-0.3, -0.25) is 4.90 Å². The van der Waals surface area contributed by atoms with Crippen molar-refractivity contribution in [1.82, 2.24) is 15.0 Å². The minimum absolute atomic E-state index is 0.0881. The Labute approximate surface area is 115 Å². The molecule has 2 heterocycles. The third-order valence-electron chi connectivity index (χ3n) is 3.57. The standard InChI is InChI=1S/C14H25N3O2/c1-3-18-12(2)14-15-13(19-16-14)11-17-9-7-5-4-6-8-10-17/h12H,3-11H2,1-2H3/t12-/m0/s1. The van der Waals surface area contributed by atoms with Crippen LogP contribution >= 0.6 is 0 Å². The monoisotopic (exact) mass is 267 g/mol. The minimum Gasteiger partial charge on any atom is -0.371 e. The average molecular weight is 267 g/mol. The van der Waals surface area contributed by atoms with Crippen LogP contribution in [-0.2, 0) is 11.3 Å². The van der Waals surface area contributed by atoms with Gasteiger partial charge >= 0.3 is 0 Å². The summed E-state index contributed by atoms with van der Waals surface area (Å²) in [6.07, 6.45) is 6.52. The number of nitrogens with zero attached hydrogens (tertiary/aromatic N) is 3. The molecule has 0 radical (unpaired) electrons. The molecule has 1 aromatic rings. The second kappa shape index (κ2) is 7.60. The van der Waals surface area contributed by atoms with Crippen molar-refractivity contribution < 1.29 is 9.26 Å². The summed E-state index contributed by atoms with van der Waals surface area (Å²) in [6.45, 7) is 7.63. The molecule has 1 fully saturated rings. The van der Waals surface area contributed by atoms with E-state index in [0.717, 1.165) is 19.6 Å². The van der Waals surface area contributed by atoms with Crippen molar-refractivity contribution in [1.29, 1.82) is 0 Å². The molecule has 0 aromatic carbocycles. The Kier molecular flexibility index (Phi) is 5.79. The minimum atomic E-state index is -0.0881. The summed E-state index contributed by atoms with van der Waals surface area (Å²) in [5.41, 5.74) is 0. The molecule has 0 amide bonds. The van der Waals surface area contributed by atoms with Gasteiger partial charge in [0.25, 0.3) is 0 Å². The van der Waals surface area contributed by atoms with Crippen LogP contribution in [0.25, 0.3) is 0 Å². The summed E-state index contributed by atoms with van der Waals surface area (Å²) < 4.78 is 10.8. The highest BCUT2D eigenvalue weighted by atomic mass is 16.5. The normalized spacial score (nSPS) is 19.9. The molecule has 5 nitrogen and oxygen atoms in total. The summed E-state index contributed by atoms with van der Waals surface area (Å²) in [5, 5.41) is 4.00. The maximum atomic E-state index is 5.47. The first kappa shape index (κ1) is 14.5. The zero-order valence-electron chi connectivity index (χ0n) is 12.1. The van der Waals surface area contributed by atoms with Gasteiger partial charge in [-0.15, -0.1) is 0 Å². The van der Waals surface area contributed by atoms with Crippen molar-refractivity contribution in [3.8, 4) is 0 Å². The van der Waals surface area contributed by atoms with Gasteiger partial charge in [-0.2, -0.15) is 4.98 Å². The number of likely N-dealkylation sites (tertiary alicyclic amines) is 1. The highest BCUT2D eigenvalue weighted by molar-refractivity contribution is 4.90. The van der Waals surface area contributed by atoms with Crippen LogP contribution in [0.1, 0.15) is 63.8 Å². The van der Waals surface area contributed by atoms with E-state index in [1.54, 1.807) is 0 Å². The van der Waals surface area contributed by atoms with E-state index in [9.17, 15) is 0 Å². The quantitative estimate of drug-likeness (QED) is 0.821. The maximum absolute atomic E-state index is 5.47. The van der Waals surface area contributed by atoms with Crippen LogP contribution in [0.3, 0.4) is 0 Å². The van der Waals surface area contributed by atoms with Crippen LogP contribution < -0.4 is 0 Å². The van der Waals surface area contributed by atoms with Gasteiger partial charge in [0.15, 0.2) is 5.82 Å². The van der Waals surface area contributed by atoms with E-state index < -0.39 is 0 Å². The molecule has 0 N–H and O–H groups in total. The van der Waals surface area contributed by atoms with Gasteiger partial charge in [0.2, 0.25) is 5.89 Å². The predicted octanol–water partition coefficient (Wildman–Crippen LogP) is 2.93. The Morgan fingerprint density at radius 3 is 2.58 bits per heavy atom. The smallest absolute Gasteiger partial charge is 0.240 e. The molecule has 1 aromatic heterocycles. The van der Waals surface area contributed by atoms with Crippen LogP contribution in [0.5, 0.6) is 0 Å². The van der Waals surface area contributed by atoms with Crippen molar-refractivity contribution in [2.45, 2.75) is 58.6 Å². The average Bonchev–Trinajstić information content (AvgIpc) is 2.81. The van der Waals surface area contributed by atoms with Gasteiger partial charge in [0, 0.05) is 6.61 Å². The molecule has 1 aliphatic rings. The Morgan fingerprint density at radius 1 is 1.21 bits per heavy atom. The van der Waals surface area contributed by atoms with E-state index in [1.165, 1.54) is 32.1 Å². The van der Waals surface area contributed by atoms with E-state index in [1.807, 2.05) is 13.8 Å². The molecule has 0 spiro atoms. The zero-order valence-corrected chi connectivity index (χ0v) is 12.1. The van der Waals surface area contributed by atoms with E-state index >= 15 is 0 Å². The van der Waals surface area contributed by atoms with Crippen LogP contribution in [0.4, 0.5) is 0 Å². The van der Waals surface area contributed by atoms with Gasteiger partial charge in [-0.05, 0) is 39.8 Å². The lowest BCUT2D eigenvalue weighted by atomic mass is 10.1. The van der Waals surface area contributed by atoms with Crippen molar-refractivity contribution >= 4 is 0 Å². The van der Waals surface area contributed by atoms with E-state index in [2.05, 4.69) is 15.0 Å². The van der Waals surface area contributed by atoms with Crippen molar-refractivity contribution in [2.24, 2.45) is 0 Å². The predicted molar refractivity (Wildman–Crippen MR) is 72.7 cm³/mol. The van der Waals surface area contributed by atoms with Crippen LogP contribution in [0, 0.1) is 0 Å². The summed E-state index contributed by atoms with van der Waals surface area (Å²) in [4.78, 5) is 6.85. The molecular weight excluding hydrogens is 242 g/mol. The molecule has 0 saturated carbocycles. The van der Waals surface area contributed by atoms with Gasteiger partial charge in [-0.25, -0.2) is 0 Å². The fourth-order valence-electron chi connectivity index (χ4n) is 2.48. The molecule has 0 unspecified atom stereocenters. The summed E-state index contributed by atoms with van der Waals surface area (Å²) in [7, 11) is 0. The number of hydrogen-bond acceptors (Lipinski definition) is 5. The van der Waals surface area contributed by atoms with Crippen molar-refractivity contribution in [3.63, 3.8) is 0 Å². The van der Waals surface area contributed by atoms with E-state index in [-0.39, 0.29) is 6.10 Å². The lowest BCUT2D eigenvalue weighted by Gasteiger charge is -2.22. The first-order valence-electron chi connectivity index (χ1n) is 7.46. The topological polar surface area (TPSA) is 51.4 Å². The van der Waals surface area contributed by atoms with Gasteiger partial charge in [0.05, 0.1) is 6.54 Å². The molecule has 1 atom stereocenters. The Hall–Kier alpha value is -0.940. The molecular formula is C14H25N3O2. The maximum Gasteiger partial charge on any atom is 0.240 e. The van der Waals surface area contributed by atoms with Crippen molar-refractivity contribution in [2.75, 3.05) is 19.7 Å². The van der Waals surface area contributed by atoms with Crippen LogP contribution in [0.2, 0.25) is 0 Å². The molecule has 0 aliphatic carbocycles. The molecule has 0 bridgehead atoms. The molecule has 1 aliphatic heterocycles. The summed E-state index contributed by atoms with van der Waals surface area (Å²) in [5.74, 6) is 1.37. The van der Waals surface area contributed by atoms with E-state index in [0.29, 0.717) is 18.3 Å². The number of rotatable bonds is 5. The zero-order chi connectivity index (χ0) is 13.5. The lowest BCUT2D eigenvalue weighted by molar-refractivity contribution is 0.0683. The summed E-state index contributed by atoms with van der Waals surface area (Å²) in [6, 6.07) is 0. The van der Waals surface area contributed by atoms with Gasteiger partial charge < -0.3 is 9.26 Å². The first-order chi connectivity index (χ1) is 9.29. The molecule has 1 saturated heterocycles. The van der Waals surface area contributed by atoms with Crippen LogP contribution in [-0.4, -0.2) is 34.7 Å². The molecule has 5 heteroatoms. The fourth-order valence-corrected chi connectivity index (χ4v) is 2.48. The Morgan fingerprint density at radius 2 is 1.89 bits per heavy atom. The Balaban J connectivity index is 1.87. The number of ether oxygens (including phenoxy) is 1. The molecule has 19 heavy (non-hydrogen) atoms. The van der Waals surface area contributed by atoms with E-state index in [4.69, 9.17) is 9.26 Å². The second-order valence-electron chi connectivity index (χ2n) is 5.19. The highest BCUT2D eigenvalue weighted by Gasteiger charge is 2.16. The molecule has 108 valence electrons. The number of hydrogen-bond donors (Lipinski definition) is 0. The highest BCUT2D eigenvalue weighted by Crippen LogP contribution is 2.15. The number of aromatic nitrogens is 2. The third kappa shape index (κ3) is 4.58. The van der Waals surface area contributed by atoms with Gasteiger partial charge in [-0.1, -0.05) is 24.4 Å². The Bertz CT molecular complexity index is 359. The van der Waals surface area contributed by atoms with Crippen LogP contribution in [0.15, 0.2) is 4.52 Å². The van der Waals surface area contributed by atoms with Gasteiger partial charge in [0.1, 0.15) is 6.10 Å². The second-order valence-corrected chi connectivity index (χ2v) is 5.19.